The molecule has 2 amide bonds. The number of rotatable bonds is 6. The molecule has 1 unspecified atom stereocenters. The molecule has 0 saturated carbocycles. The summed E-state index contributed by atoms with van der Waals surface area (Å²) in [4.78, 5) is 42.9. The van der Waals surface area contributed by atoms with E-state index in [1.54, 1.807) is 11.1 Å². The Bertz CT molecular complexity index is 826. The fourth-order valence-corrected chi connectivity index (χ4v) is 5.13. The van der Waals surface area contributed by atoms with Gasteiger partial charge in [0, 0.05) is 64.2 Å². The molecule has 3 aliphatic rings. The Balaban J connectivity index is 1.35. The molecular formula is C23H36N6O3. The topological polar surface area (TPSA) is 82.1 Å². The summed E-state index contributed by atoms with van der Waals surface area (Å²) in [6.45, 7) is 10.5. The van der Waals surface area contributed by atoms with Gasteiger partial charge in [-0.15, -0.1) is 0 Å². The molecule has 9 heteroatoms. The van der Waals surface area contributed by atoms with E-state index in [2.05, 4.69) is 28.6 Å². The molecule has 4 rings (SSSR count). The molecule has 1 aromatic heterocycles. The molecule has 0 aliphatic carbocycles. The second-order valence-corrected chi connectivity index (χ2v) is 9.08. The monoisotopic (exact) mass is 444 g/mol. The van der Waals surface area contributed by atoms with E-state index in [1.807, 2.05) is 4.90 Å². The number of amides is 2. The minimum absolute atomic E-state index is 0.0455. The Morgan fingerprint density at radius 3 is 2.53 bits per heavy atom. The standard InChI is InChI=1S/C23H36N6O3/c1-4-26-9-7-19-20(8-10-26)25-21(16-24-19)29-14-13-28(23(29)31)18-5-11-27(12-6-18)17(2)15-22(30)32-3/h16-18H,4-15H2,1-3H3. The third-order valence-electron chi connectivity index (χ3n) is 7.27. The molecular weight excluding hydrogens is 408 g/mol. The van der Waals surface area contributed by atoms with Crippen molar-refractivity contribution in [3.05, 3.63) is 17.6 Å². The van der Waals surface area contributed by atoms with Gasteiger partial charge < -0.3 is 14.5 Å². The number of esters is 1. The summed E-state index contributed by atoms with van der Waals surface area (Å²) in [6.07, 6.45) is 5.84. The second-order valence-electron chi connectivity index (χ2n) is 9.08. The molecule has 1 aromatic rings. The van der Waals surface area contributed by atoms with Crippen molar-refractivity contribution in [1.82, 2.24) is 24.7 Å². The molecule has 2 fully saturated rings. The zero-order valence-electron chi connectivity index (χ0n) is 19.6. The van der Waals surface area contributed by atoms with Crippen molar-refractivity contribution in [2.75, 3.05) is 57.8 Å². The van der Waals surface area contributed by atoms with Gasteiger partial charge in [-0.25, -0.2) is 9.78 Å². The van der Waals surface area contributed by atoms with Crippen LogP contribution in [0.4, 0.5) is 10.6 Å². The van der Waals surface area contributed by atoms with Crippen LogP contribution in [0.2, 0.25) is 0 Å². The highest BCUT2D eigenvalue weighted by Gasteiger charge is 2.37. The quantitative estimate of drug-likeness (QED) is 0.616. The molecule has 32 heavy (non-hydrogen) atoms. The molecule has 0 bridgehead atoms. The lowest BCUT2D eigenvalue weighted by atomic mass is 10.0. The maximum absolute atomic E-state index is 13.2. The van der Waals surface area contributed by atoms with Crippen LogP contribution in [-0.4, -0.2) is 102 Å². The minimum atomic E-state index is -0.172. The Morgan fingerprint density at radius 1 is 1.12 bits per heavy atom. The first kappa shape index (κ1) is 22.9. The molecule has 176 valence electrons. The van der Waals surface area contributed by atoms with Gasteiger partial charge in [0.25, 0.3) is 0 Å². The third-order valence-corrected chi connectivity index (χ3v) is 7.27. The first-order valence-electron chi connectivity index (χ1n) is 12.0. The number of aromatic nitrogens is 2. The van der Waals surface area contributed by atoms with Crippen LogP contribution in [0, 0.1) is 0 Å². The number of methoxy groups -OCH3 is 1. The number of fused-ring (bicyclic) bond motifs is 1. The van der Waals surface area contributed by atoms with E-state index in [1.165, 1.54) is 7.11 Å². The summed E-state index contributed by atoms with van der Waals surface area (Å²) < 4.78 is 4.80. The third kappa shape index (κ3) is 4.88. The van der Waals surface area contributed by atoms with E-state index in [0.29, 0.717) is 18.8 Å². The fourth-order valence-electron chi connectivity index (χ4n) is 5.13. The lowest BCUT2D eigenvalue weighted by Crippen LogP contribution is -2.49. The van der Waals surface area contributed by atoms with Crippen LogP contribution in [0.1, 0.15) is 44.5 Å². The summed E-state index contributed by atoms with van der Waals surface area (Å²) in [5.74, 6) is 0.514. The number of carbonyl (C=O) groups excluding carboxylic acids is 2. The molecule has 0 spiro atoms. The Morgan fingerprint density at radius 2 is 1.84 bits per heavy atom. The van der Waals surface area contributed by atoms with E-state index in [4.69, 9.17) is 9.72 Å². The second kappa shape index (κ2) is 10.1. The number of hydrogen-bond acceptors (Lipinski definition) is 7. The number of urea groups is 1. The number of anilines is 1. The lowest BCUT2D eigenvalue weighted by Gasteiger charge is -2.38. The lowest BCUT2D eigenvalue weighted by molar-refractivity contribution is -0.142. The molecule has 2 saturated heterocycles. The van der Waals surface area contributed by atoms with Crippen molar-refractivity contribution in [2.24, 2.45) is 0 Å². The van der Waals surface area contributed by atoms with E-state index in [-0.39, 0.29) is 24.1 Å². The number of carbonyl (C=O) groups is 2. The maximum atomic E-state index is 13.2. The zero-order chi connectivity index (χ0) is 22.7. The number of likely N-dealkylation sites (tertiary alicyclic amines) is 1. The van der Waals surface area contributed by atoms with Crippen LogP contribution >= 0.6 is 0 Å². The van der Waals surface area contributed by atoms with Gasteiger partial charge in [0.1, 0.15) is 0 Å². The van der Waals surface area contributed by atoms with Crippen molar-refractivity contribution in [3.63, 3.8) is 0 Å². The highest BCUT2D eigenvalue weighted by Crippen LogP contribution is 2.26. The smallest absolute Gasteiger partial charge is 0.326 e. The van der Waals surface area contributed by atoms with Gasteiger partial charge in [-0.1, -0.05) is 6.92 Å². The van der Waals surface area contributed by atoms with Crippen LogP contribution in [-0.2, 0) is 22.4 Å². The number of nitrogens with zero attached hydrogens (tertiary/aromatic N) is 6. The van der Waals surface area contributed by atoms with Crippen LogP contribution in [0.5, 0.6) is 0 Å². The van der Waals surface area contributed by atoms with Crippen molar-refractivity contribution in [1.29, 1.82) is 0 Å². The molecule has 0 aromatic carbocycles. The highest BCUT2D eigenvalue weighted by molar-refractivity contribution is 5.93. The first-order chi connectivity index (χ1) is 15.5. The predicted molar refractivity (Wildman–Crippen MR) is 122 cm³/mol. The Hall–Kier alpha value is -2.26. The van der Waals surface area contributed by atoms with Crippen molar-refractivity contribution >= 4 is 17.8 Å². The van der Waals surface area contributed by atoms with Crippen LogP contribution < -0.4 is 4.90 Å². The number of likely N-dealkylation sites (N-methyl/N-ethyl adjacent to an activating group) is 1. The SMILES string of the molecule is CCN1CCc2ncc(N3CCN(C4CCN(C(C)CC(=O)OC)CC4)C3=O)nc2CC1. The van der Waals surface area contributed by atoms with Gasteiger partial charge in [-0.05, 0) is 26.3 Å². The van der Waals surface area contributed by atoms with Crippen molar-refractivity contribution in [3.8, 4) is 0 Å². The Kier molecular flexibility index (Phi) is 7.25. The first-order valence-corrected chi connectivity index (χ1v) is 12.0. The van der Waals surface area contributed by atoms with Gasteiger partial charge >= 0.3 is 12.0 Å². The summed E-state index contributed by atoms with van der Waals surface area (Å²) in [7, 11) is 1.43. The predicted octanol–water partition coefficient (Wildman–Crippen LogP) is 1.56. The summed E-state index contributed by atoms with van der Waals surface area (Å²) in [6, 6.07) is 0.442. The van der Waals surface area contributed by atoms with Gasteiger partial charge in [0.2, 0.25) is 0 Å². The highest BCUT2D eigenvalue weighted by atomic mass is 16.5. The molecule has 4 heterocycles. The van der Waals surface area contributed by atoms with Crippen LogP contribution in [0.25, 0.3) is 0 Å². The Labute approximate surface area is 190 Å². The summed E-state index contributed by atoms with van der Waals surface area (Å²) in [5.41, 5.74) is 2.11. The molecule has 0 N–H and O–H groups in total. The number of hydrogen-bond donors (Lipinski definition) is 0. The largest absolute Gasteiger partial charge is 0.469 e. The van der Waals surface area contributed by atoms with E-state index in [9.17, 15) is 9.59 Å². The number of ether oxygens (including phenoxy) is 1. The van der Waals surface area contributed by atoms with Gasteiger partial charge in [0.15, 0.2) is 5.82 Å². The number of piperidine rings is 1. The average Bonchev–Trinajstić information content (AvgIpc) is 3.07. The zero-order valence-corrected chi connectivity index (χ0v) is 19.6. The van der Waals surface area contributed by atoms with Crippen molar-refractivity contribution in [2.45, 2.75) is 58.0 Å². The molecule has 9 nitrogen and oxygen atoms in total. The average molecular weight is 445 g/mol. The van der Waals surface area contributed by atoms with Crippen LogP contribution in [0.3, 0.4) is 0 Å². The molecule has 0 radical (unpaired) electrons. The van der Waals surface area contributed by atoms with E-state index in [0.717, 1.165) is 76.3 Å². The minimum Gasteiger partial charge on any atom is -0.469 e. The fraction of sp³-hybridized carbons (Fsp3) is 0.739. The molecule has 3 aliphatic heterocycles. The molecule has 1 atom stereocenters. The summed E-state index contributed by atoms with van der Waals surface area (Å²) >= 11 is 0. The van der Waals surface area contributed by atoms with E-state index >= 15 is 0 Å². The van der Waals surface area contributed by atoms with Gasteiger partial charge in [-0.2, -0.15) is 0 Å². The maximum Gasteiger partial charge on any atom is 0.326 e. The van der Waals surface area contributed by atoms with Crippen LogP contribution in [0.15, 0.2) is 6.20 Å². The normalized spacial score (nSPS) is 22.0. The summed E-state index contributed by atoms with van der Waals surface area (Å²) in [5, 5.41) is 0. The van der Waals surface area contributed by atoms with Gasteiger partial charge in [0.05, 0.1) is 31.1 Å². The van der Waals surface area contributed by atoms with Crippen molar-refractivity contribution < 1.29 is 14.3 Å². The van der Waals surface area contributed by atoms with Gasteiger partial charge in [-0.3, -0.25) is 19.6 Å². The van der Waals surface area contributed by atoms with E-state index < -0.39 is 0 Å².